The largest absolute Gasteiger partial charge is 0.422 e. The summed E-state index contributed by atoms with van der Waals surface area (Å²) in [5.41, 5.74) is 2.25. The number of nitrogens with two attached hydrogens (primary N) is 1. The zero-order valence-electron chi connectivity index (χ0n) is 8.64. The average molecular weight is 223 g/mol. The average Bonchev–Trinajstić information content (AvgIpc) is 2.16. The molecule has 0 saturated carbocycles. The molecule has 0 fully saturated rings. The van der Waals surface area contributed by atoms with E-state index in [9.17, 15) is 18.3 Å². The van der Waals surface area contributed by atoms with E-state index in [4.69, 9.17) is 5.73 Å². The van der Waals surface area contributed by atoms with Crippen LogP contribution in [0.4, 0.5) is 13.2 Å². The number of rotatable bonds is 2. The molecule has 0 aromatic carbocycles. The van der Waals surface area contributed by atoms with Gasteiger partial charge in [0, 0.05) is 6.54 Å². The molecule has 88 valence electrons. The minimum absolute atomic E-state index is 0.0237. The van der Waals surface area contributed by atoms with E-state index in [1.54, 1.807) is 0 Å². The van der Waals surface area contributed by atoms with Gasteiger partial charge in [-0.25, -0.2) is 0 Å². The summed E-state index contributed by atoms with van der Waals surface area (Å²) in [5.74, 6) is 0.379. The van der Waals surface area contributed by atoms with Crippen LogP contribution in [0.25, 0.3) is 0 Å². The summed E-state index contributed by atoms with van der Waals surface area (Å²) in [7, 11) is 0. The highest BCUT2D eigenvalue weighted by molar-refractivity contribution is 5.22. The van der Waals surface area contributed by atoms with Crippen LogP contribution in [0.2, 0.25) is 0 Å². The van der Waals surface area contributed by atoms with Gasteiger partial charge in [0.1, 0.15) is 0 Å². The number of alkyl halides is 3. The maximum Gasteiger partial charge on any atom is 0.422 e. The zero-order chi connectivity index (χ0) is 11.7. The van der Waals surface area contributed by atoms with Gasteiger partial charge in [-0.05, 0) is 30.8 Å². The Hall–Kier alpha value is -0.550. The van der Waals surface area contributed by atoms with Crippen LogP contribution >= 0.6 is 0 Å². The molecule has 0 aromatic rings. The molecule has 2 unspecified atom stereocenters. The summed E-state index contributed by atoms with van der Waals surface area (Å²) in [6, 6.07) is 0. The van der Waals surface area contributed by atoms with E-state index in [-0.39, 0.29) is 12.0 Å². The first-order valence-corrected chi connectivity index (χ1v) is 5.00. The molecule has 0 bridgehead atoms. The molecule has 0 aromatic heterocycles. The first-order valence-electron chi connectivity index (χ1n) is 5.00. The monoisotopic (exact) mass is 223 g/mol. The Balaban J connectivity index is 2.93. The highest BCUT2D eigenvalue weighted by Gasteiger charge is 2.55. The highest BCUT2D eigenvalue weighted by atomic mass is 19.4. The van der Waals surface area contributed by atoms with Crippen LogP contribution in [0.5, 0.6) is 0 Å². The molecule has 3 N–H and O–H groups in total. The van der Waals surface area contributed by atoms with Crippen molar-refractivity contribution in [2.24, 2.45) is 11.7 Å². The molecule has 0 aliphatic heterocycles. The normalized spacial score (nSPS) is 27.1. The van der Waals surface area contributed by atoms with E-state index in [2.05, 4.69) is 0 Å². The third kappa shape index (κ3) is 2.34. The van der Waals surface area contributed by atoms with Crippen molar-refractivity contribution in [2.75, 3.05) is 6.54 Å². The fraction of sp³-hybridized carbons (Fsp3) is 0.800. The van der Waals surface area contributed by atoms with Gasteiger partial charge in [-0.2, -0.15) is 13.2 Å². The Morgan fingerprint density at radius 1 is 1.53 bits per heavy atom. The molecular formula is C10H16F3NO. The van der Waals surface area contributed by atoms with Gasteiger partial charge in [0.25, 0.3) is 0 Å². The van der Waals surface area contributed by atoms with E-state index in [0.717, 1.165) is 0 Å². The zero-order valence-corrected chi connectivity index (χ0v) is 8.64. The second-order valence-corrected chi connectivity index (χ2v) is 4.17. The molecule has 15 heavy (non-hydrogen) atoms. The number of halogens is 3. The van der Waals surface area contributed by atoms with Crippen LogP contribution in [0, 0.1) is 5.92 Å². The minimum atomic E-state index is -4.69. The molecule has 0 heterocycles. The third-order valence-electron chi connectivity index (χ3n) is 2.97. The van der Waals surface area contributed by atoms with Crippen molar-refractivity contribution in [2.45, 2.75) is 38.0 Å². The van der Waals surface area contributed by atoms with Crippen LogP contribution < -0.4 is 5.73 Å². The lowest BCUT2D eigenvalue weighted by atomic mass is 9.81. The van der Waals surface area contributed by atoms with E-state index in [0.29, 0.717) is 18.8 Å². The van der Waals surface area contributed by atoms with Gasteiger partial charge < -0.3 is 10.8 Å². The second kappa shape index (κ2) is 4.14. The summed E-state index contributed by atoms with van der Waals surface area (Å²) in [6.07, 6.45) is -1.69. The summed E-state index contributed by atoms with van der Waals surface area (Å²) in [6.45, 7) is 1.17. The van der Waals surface area contributed by atoms with Crippen LogP contribution in [-0.4, -0.2) is 23.4 Å². The second-order valence-electron chi connectivity index (χ2n) is 4.17. The lowest BCUT2D eigenvalue weighted by Gasteiger charge is -2.34. The Bertz CT molecular complexity index is 262. The Morgan fingerprint density at radius 2 is 2.13 bits per heavy atom. The molecule has 0 spiro atoms. The quantitative estimate of drug-likeness (QED) is 0.703. The first-order chi connectivity index (χ1) is 6.81. The maximum absolute atomic E-state index is 12.6. The molecule has 2 atom stereocenters. The van der Waals surface area contributed by atoms with E-state index in [1.165, 1.54) is 6.08 Å². The SMILES string of the molecule is CC1CC=C(C(O)(CN)C(F)(F)F)CC1. The van der Waals surface area contributed by atoms with Gasteiger partial charge in [-0.3, -0.25) is 0 Å². The van der Waals surface area contributed by atoms with Crippen molar-refractivity contribution in [1.29, 1.82) is 0 Å². The van der Waals surface area contributed by atoms with Crippen LogP contribution in [0.3, 0.4) is 0 Å². The van der Waals surface area contributed by atoms with Crippen LogP contribution in [-0.2, 0) is 0 Å². The molecule has 2 nitrogen and oxygen atoms in total. The molecular weight excluding hydrogens is 207 g/mol. The summed E-state index contributed by atoms with van der Waals surface area (Å²) in [4.78, 5) is 0. The third-order valence-corrected chi connectivity index (χ3v) is 2.97. The van der Waals surface area contributed by atoms with Crippen LogP contribution in [0.1, 0.15) is 26.2 Å². The lowest BCUT2D eigenvalue weighted by Crippen LogP contribution is -2.53. The smallest absolute Gasteiger partial charge is 0.376 e. The van der Waals surface area contributed by atoms with Crippen LogP contribution in [0.15, 0.2) is 11.6 Å². The lowest BCUT2D eigenvalue weighted by molar-refractivity contribution is -0.241. The fourth-order valence-electron chi connectivity index (χ4n) is 1.77. The van der Waals surface area contributed by atoms with E-state index in [1.807, 2.05) is 6.92 Å². The van der Waals surface area contributed by atoms with Crippen molar-refractivity contribution < 1.29 is 18.3 Å². The molecule has 0 saturated heterocycles. The van der Waals surface area contributed by atoms with Gasteiger partial charge in [0.05, 0.1) is 0 Å². The molecule has 1 aliphatic carbocycles. The van der Waals surface area contributed by atoms with Crippen molar-refractivity contribution in [3.63, 3.8) is 0 Å². The molecule has 1 aliphatic rings. The Kier molecular flexibility index (Phi) is 3.45. The fourth-order valence-corrected chi connectivity index (χ4v) is 1.77. The summed E-state index contributed by atoms with van der Waals surface area (Å²) < 4.78 is 37.8. The maximum atomic E-state index is 12.6. The van der Waals surface area contributed by atoms with Gasteiger partial charge >= 0.3 is 6.18 Å². The molecule has 1 rings (SSSR count). The Morgan fingerprint density at radius 3 is 2.47 bits per heavy atom. The number of aliphatic hydroxyl groups is 1. The minimum Gasteiger partial charge on any atom is -0.376 e. The standard InChI is InChI=1S/C10H16F3NO/c1-7-2-4-8(5-3-7)9(15,6-14)10(11,12)13/h4,7,15H,2-3,5-6,14H2,1H3. The van der Waals surface area contributed by atoms with Crippen molar-refractivity contribution >= 4 is 0 Å². The van der Waals surface area contributed by atoms with Gasteiger partial charge in [-0.1, -0.05) is 13.0 Å². The summed E-state index contributed by atoms with van der Waals surface area (Å²) in [5, 5.41) is 9.55. The van der Waals surface area contributed by atoms with Gasteiger partial charge in [0.2, 0.25) is 0 Å². The molecule has 5 heteroatoms. The van der Waals surface area contributed by atoms with E-state index >= 15 is 0 Å². The van der Waals surface area contributed by atoms with Crippen molar-refractivity contribution in [3.05, 3.63) is 11.6 Å². The predicted molar refractivity (Wildman–Crippen MR) is 51.2 cm³/mol. The highest BCUT2D eigenvalue weighted by Crippen LogP contribution is 2.40. The molecule has 0 radical (unpaired) electrons. The topological polar surface area (TPSA) is 46.2 Å². The summed E-state index contributed by atoms with van der Waals surface area (Å²) >= 11 is 0. The predicted octanol–water partition coefficient (Wildman–Crippen LogP) is 1.98. The van der Waals surface area contributed by atoms with Crippen molar-refractivity contribution in [3.8, 4) is 0 Å². The number of hydrogen-bond acceptors (Lipinski definition) is 2. The Labute approximate surface area is 87.0 Å². The van der Waals surface area contributed by atoms with Gasteiger partial charge in [-0.15, -0.1) is 0 Å². The van der Waals surface area contributed by atoms with E-state index < -0.39 is 18.3 Å². The molecule has 0 amide bonds. The first kappa shape index (κ1) is 12.5. The van der Waals surface area contributed by atoms with Crippen molar-refractivity contribution in [1.82, 2.24) is 0 Å². The number of hydrogen-bond donors (Lipinski definition) is 2. The number of allylic oxidation sites excluding steroid dienone is 1. The van der Waals surface area contributed by atoms with Gasteiger partial charge in [0.15, 0.2) is 5.60 Å².